The monoisotopic (exact) mass is 448 g/mol. The van der Waals surface area contributed by atoms with Crippen LogP contribution in [0.15, 0.2) is 51.7 Å². The van der Waals surface area contributed by atoms with Gasteiger partial charge < -0.3 is 10.2 Å². The minimum atomic E-state index is -0.437. The van der Waals surface area contributed by atoms with Crippen molar-refractivity contribution in [1.29, 1.82) is 0 Å². The van der Waals surface area contributed by atoms with Gasteiger partial charge in [-0.15, -0.1) is 0 Å². The van der Waals surface area contributed by atoms with E-state index in [0.29, 0.717) is 27.4 Å². The molecule has 0 fully saturated rings. The molecule has 3 rings (SSSR count). The molecule has 1 heterocycles. The molecule has 6 nitrogen and oxygen atoms in total. The Kier molecular flexibility index (Phi) is 5.53. The van der Waals surface area contributed by atoms with Gasteiger partial charge in [0.1, 0.15) is 5.82 Å². The minimum absolute atomic E-state index is 0.182. The van der Waals surface area contributed by atoms with Crippen LogP contribution in [0, 0.1) is 0 Å². The molecular formula is C19H18BrClN4O2. The van der Waals surface area contributed by atoms with Gasteiger partial charge in [0.15, 0.2) is 0 Å². The lowest BCUT2D eigenvalue weighted by atomic mass is 10.2. The first-order valence-electron chi connectivity index (χ1n) is 8.24. The maximum absolute atomic E-state index is 12.7. The Morgan fingerprint density at radius 3 is 2.70 bits per heavy atom. The standard InChI is InChI=1S/C19H18BrClN4O2/c1-11(24(2)19(27)23-15-7-5-4-6-14(15)20)17-22-16-10-12(21)8-9-13(16)18(26)25(17)3/h4-11H,1-3H3,(H,23,27). The van der Waals surface area contributed by atoms with Gasteiger partial charge in [-0.25, -0.2) is 9.78 Å². The molecule has 2 aromatic carbocycles. The van der Waals surface area contributed by atoms with Gasteiger partial charge in [0.2, 0.25) is 0 Å². The number of nitrogens with zero attached hydrogens (tertiary/aromatic N) is 3. The normalized spacial score (nSPS) is 12.0. The fraction of sp³-hybridized carbons (Fsp3) is 0.211. The molecule has 3 aromatic rings. The number of anilines is 1. The topological polar surface area (TPSA) is 67.2 Å². The Morgan fingerprint density at radius 2 is 2.00 bits per heavy atom. The van der Waals surface area contributed by atoms with Gasteiger partial charge in [-0.2, -0.15) is 0 Å². The first kappa shape index (κ1) is 19.4. The summed E-state index contributed by atoms with van der Waals surface area (Å²) in [4.78, 5) is 31.4. The number of nitrogens with one attached hydrogen (secondary N) is 1. The van der Waals surface area contributed by atoms with E-state index in [9.17, 15) is 9.59 Å². The van der Waals surface area contributed by atoms with E-state index >= 15 is 0 Å². The van der Waals surface area contributed by atoms with Gasteiger partial charge >= 0.3 is 6.03 Å². The Labute approximate surface area is 169 Å². The van der Waals surface area contributed by atoms with Crippen molar-refractivity contribution in [2.45, 2.75) is 13.0 Å². The number of urea groups is 1. The Hall–Kier alpha value is -2.38. The highest BCUT2D eigenvalue weighted by Crippen LogP contribution is 2.24. The maximum Gasteiger partial charge on any atom is 0.322 e. The van der Waals surface area contributed by atoms with Gasteiger partial charge in [-0.05, 0) is 53.2 Å². The average Bonchev–Trinajstić information content (AvgIpc) is 2.65. The molecule has 27 heavy (non-hydrogen) atoms. The summed E-state index contributed by atoms with van der Waals surface area (Å²) < 4.78 is 2.24. The lowest BCUT2D eigenvalue weighted by molar-refractivity contribution is 0.205. The van der Waals surface area contributed by atoms with Crippen LogP contribution in [0.2, 0.25) is 5.02 Å². The van der Waals surface area contributed by atoms with E-state index < -0.39 is 6.04 Å². The van der Waals surface area contributed by atoms with E-state index in [2.05, 4.69) is 26.2 Å². The van der Waals surface area contributed by atoms with Crippen molar-refractivity contribution in [2.75, 3.05) is 12.4 Å². The van der Waals surface area contributed by atoms with Crippen molar-refractivity contribution in [3.8, 4) is 0 Å². The third kappa shape index (κ3) is 3.84. The lowest BCUT2D eigenvalue weighted by Gasteiger charge is -2.26. The number of carbonyl (C=O) groups excluding carboxylic acids is 1. The van der Waals surface area contributed by atoms with Crippen LogP contribution in [0.3, 0.4) is 0 Å². The second kappa shape index (κ2) is 7.70. The van der Waals surface area contributed by atoms with Crippen molar-refractivity contribution < 1.29 is 4.79 Å². The smallest absolute Gasteiger partial charge is 0.318 e. The number of benzene rings is 2. The second-order valence-corrected chi connectivity index (χ2v) is 7.48. The molecule has 1 N–H and O–H groups in total. The molecular weight excluding hydrogens is 432 g/mol. The number of halogens is 2. The molecule has 0 spiro atoms. The van der Waals surface area contributed by atoms with Crippen LogP contribution < -0.4 is 10.9 Å². The summed E-state index contributed by atoms with van der Waals surface area (Å²) in [6.45, 7) is 1.82. The van der Waals surface area contributed by atoms with Crippen molar-refractivity contribution in [3.05, 3.63) is 68.1 Å². The van der Waals surface area contributed by atoms with Crippen molar-refractivity contribution in [3.63, 3.8) is 0 Å². The van der Waals surface area contributed by atoms with Crippen LogP contribution in [0.25, 0.3) is 10.9 Å². The second-order valence-electron chi connectivity index (χ2n) is 6.19. The number of fused-ring (bicyclic) bond motifs is 1. The molecule has 8 heteroatoms. The fourth-order valence-corrected chi connectivity index (χ4v) is 3.30. The van der Waals surface area contributed by atoms with Crippen LogP contribution in [0.1, 0.15) is 18.8 Å². The van der Waals surface area contributed by atoms with Crippen LogP contribution in [0.5, 0.6) is 0 Å². The summed E-state index contributed by atoms with van der Waals surface area (Å²) in [7, 11) is 3.31. The molecule has 0 radical (unpaired) electrons. The van der Waals surface area contributed by atoms with E-state index in [1.165, 1.54) is 9.47 Å². The molecule has 0 aliphatic rings. The largest absolute Gasteiger partial charge is 0.322 e. The van der Waals surface area contributed by atoms with E-state index in [4.69, 9.17) is 11.6 Å². The van der Waals surface area contributed by atoms with E-state index in [1.54, 1.807) is 38.4 Å². The number of hydrogen-bond acceptors (Lipinski definition) is 3. The van der Waals surface area contributed by atoms with Crippen LogP contribution in [-0.2, 0) is 7.05 Å². The van der Waals surface area contributed by atoms with Gasteiger partial charge in [-0.3, -0.25) is 9.36 Å². The highest BCUT2D eigenvalue weighted by molar-refractivity contribution is 9.10. The molecule has 1 atom stereocenters. The average molecular weight is 450 g/mol. The molecule has 2 amide bonds. The zero-order chi connectivity index (χ0) is 19.7. The first-order chi connectivity index (χ1) is 12.8. The highest BCUT2D eigenvalue weighted by atomic mass is 79.9. The highest BCUT2D eigenvalue weighted by Gasteiger charge is 2.22. The number of rotatable bonds is 3. The van der Waals surface area contributed by atoms with E-state index in [-0.39, 0.29) is 11.6 Å². The van der Waals surface area contributed by atoms with Crippen molar-refractivity contribution >= 4 is 50.2 Å². The van der Waals surface area contributed by atoms with Crippen LogP contribution in [-0.4, -0.2) is 27.5 Å². The van der Waals surface area contributed by atoms with Crippen LogP contribution in [0.4, 0.5) is 10.5 Å². The molecule has 1 unspecified atom stereocenters. The quantitative estimate of drug-likeness (QED) is 0.637. The van der Waals surface area contributed by atoms with E-state index in [0.717, 1.165) is 4.47 Å². The van der Waals surface area contributed by atoms with Crippen LogP contribution >= 0.6 is 27.5 Å². The summed E-state index contributed by atoms with van der Waals surface area (Å²) >= 11 is 9.44. The number of carbonyl (C=O) groups is 1. The number of aromatic nitrogens is 2. The SMILES string of the molecule is CC(c1nc2cc(Cl)ccc2c(=O)n1C)N(C)C(=O)Nc1ccccc1Br. The predicted molar refractivity (Wildman–Crippen MR) is 111 cm³/mol. The number of para-hydroxylation sites is 1. The molecule has 0 aliphatic carbocycles. The van der Waals surface area contributed by atoms with Gasteiger partial charge in [0.05, 0.1) is 22.6 Å². The summed E-state index contributed by atoms with van der Waals surface area (Å²) in [5.41, 5.74) is 0.985. The number of amides is 2. The third-order valence-electron chi connectivity index (χ3n) is 4.46. The molecule has 0 bridgehead atoms. The zero-order valence-corrected chi connectivity index (χ0v) is 17.4. The van der Waals surface area contributed by atoms with E-state index in [1.807, 2.05) is 25.1 Å². The lowest BCUT2D eigenvalue weighted by Crippen LogP contribution is -2.37. The summed E-state index contributed by atoms with van der Waals surface area (Å²) in [5, 5.41) is 3.83. The molecule has 0 saturated carbocycles. The Morgan fingerprint density at radius 1 is 1.30 bits per heavy atom. The summed E-state index contributed by atoms with van der Waals surface area (Å²) in [5.74, 6) is 0.472. The molecule has 0 aliphatic heterocycles. The number of hydrogen-bond donors (Lipinski definition) is 1. The predicted octanol–water partition coefficient (Wildman–Crippen LogP) is 4.57. The van der Waals surface area contributed by atoms with Crippen molar-refractivity contribution in [1.82, 2.24) is 14.5 Å². The Bertz CT molecular complexity index is 1080. The third-order valence-corrected chi connectivity index (χ3v) is 5.39. The van der Waals surface area contributed by atoms with Gasteiger partial charge in [-0.1, -0.05) is 23.7 Å². The maximum atomic E-state index is 12.7. The summed E-state index contributed by atoms with van der Waals surface area (Å²) in [6, 6.07) is 11.6. The summed E-state index contributed by atoms with van der Waals surface area (Å²) in [6.07, 6.45) is 0. The zero-order valence-electron chi connectivity index (χ0n) is 15.0. The van der Waals surface area contributed by atoms with Crippen molar-refractivity contribution in [2.24, 2.45) is 7.05 Å². The fourth-order valence-electron chi connectivity index (χ4n) is 2.75. The van der Waals surface area contributed by atoms with Gasteiger partial charge in [0, 0.05) is 23.6 Å². The Balaban J connectivity index is 1.93. The molecule has 1 aromatic heterocycles. The molecule has 0 saturated heterocycles. The minimum Gasteiger partial charge on any atom is -0.318 e. The molecule has 140 valence electrons. The first-order valence-corrected chi connectivity index (χ1v) is 9.41. The van der Waals surface area contributed by atoms with Gasteiger partial charge in [0.25, 0.3) is 5.56 Å².